The molecule has 0 aliphatic heterocycles. The summed E-state index contributed by atoms with van der Waals surface area (Å²) in [5, 5.41) is 0. The third-order valence-corrected chi connectivity index (χ3v) is 11.6. The molecule has 0 spiro atoms. The zero-order chi connectivity index (χ0) is 31.7. The van der Waals surface area contributed by atoms with Gasteiger partial charge in [0.1, 0.15) is 0 Å². The Hall–Kier alpha value is -3.98. The van der Waals surface area contributed by atoms with Gasteiger partial charge in [-0.1, -0.05) is 0 Å². The molecular weight excluding hydrogens is 627 g/mol. The van der Waals surface area contributed by atoms with Gasteiger partial charge in [0.2, 0.25) is 0 Å². The molecule has 4 aromatic rings. The molecule has 0 saturated carbocycles. The predicted octanol–water partition coefficient (Wildman–Crippen LogP) is 10.3. The van der Waals surface area contributed by atoms with Gasteiger partial charge in [0.15, 0.2) is 0 Å². The Labute approximate surface area is 280 Å². The summed E-state index contributed by atoms with van der Waals surface area (Å²) in [6, 6.07) is 54.2. The Morgan fingerprint density at radius 3 is 1.54 bits per heavy atom. The first kappa shape index (κ1) is 32.0. The van der Waals surface area contributed by atoms with Gasteiger partial charge in [-0.05, 0) is 0 Å². The summed E-state index contributed by atoms with van der Waals surface area (Å²) >= 11 is 0.113. The second kappa shape index (κ2) is 15.5. The number of benzene rings is 4. The summed E-state index contributed by atoms with van der Waals surface area (Å²) in [5.41, 5.74) is 10.3. The van der Waals surface area contributed by atoms with E-state index >= 15 is 0 Å². The van der Waals surface area contributed by atoms with Crippen LogP contribution in [-0.2, 0) is 22.7 Å². The maximum absolute atomic E-state index is 6.55. The molecule has 0 N–H and O–H groups in total. The van der Waals surface area contributed by atoms with Gasteiger partial charge in [-0.15, -0.1) is 0 Å². The van der Waals surface area contributed by atoms with Crippen molar-refractivity contribution >= 4 is 19.4 Å². The molecule has 3 heteroatoms. The molecule has 0 fully saturated rings. The molecule has 0 bridgehead atoms. The van der Waals surface area contributed by atoms with Crippen LogP contribution in [0.5, 0.6) is 0 Å². The van der Waals surface area contributed by atoms with Gasteiger partial charge in [0.25, 0.3) is 0 Å². The fourth-order valence-electron chi connectivity index (χ4n) is 6.25. The number of ether oxygens (including phenoxy) is 2. The first-order chi connectivity index (χ1) is 22.6. The van der Waals surface area contributed by atoms with E-state index in [0.29, 0.717) is 18.0 Å². The van der Waals surface area contributed by atoms with E-state index in [1.807, 2.05) is 12.1 Å². The van der Waals surface area contributed by atoms with Gasteiger partial charge in [-0.3, -0.25) is 0 Å². The number of hydrogen-bond acceptors (Lipinski definition) is 2. The van der Waals surface area contributed by atoms with Crippen LogP contribution in [0.15, 0.2) is 152 Å². The summed E-state index contributed by atoms with van der Waals surface area (Å²) < 4.78 is 14.5. The molecule has 4 aromatic carbocycles. The molecule has 2 nitrogen and oxygen atoms in total. The maximum atomic E-state index is 6.55. The predicted molar refractivity (Wildman–Crippen MR) is 192 cm³/mol. The molecule has 4 atom stereocenters. The summed E-state index contributed by atoms with van der Waals surface area (Å²) in [4.78, 5) is 0.369. The van der Waals surface area contributed by atoms with E-state index in [2.05, 4.69) is 160 Å². The van der Waals surface area contributed by atoms with Crippen LogP contribution in [0.3, 0.4) is 0 Å². The topological polar surface area (TPSA) is 18.5 Å². The summed E-state index contributed by atoms with van der Waals surface area (Å²) in [6.07, 6.45) is -0.112. The van der Waals surface area contributed by atoms with Crippen molar-refractivity contribution in [3.63, 3.8) is 0 Å². The molecule has 0 amide bonds. The first-order valence-electron chi connectivity index (χ1n) is 16.2. The second-order valence-electron chi connectivity index (χ2n) is 11.9. The van der Waals surface area contributed by atoms with Crippen molar-refractivity contribution in [1.82, 2.24) is 0 Å². The van der Waals surface area contributed by atoms with Crippen molar-refractivity contribution < 1.29 is 9.47 Å². The van der Waals surface area contributed by atoms with E-state index in [1.165, 1.54) is 49.0 Å². The van der Waals surface area contributed by atoms with Gasteiger partial charge >= 0.3 is 282 Å². The molecule has 0 radical (unpaired) electrons. The zero-order valence-corrected chi connectivity index (χ0v) is 28.6. The summed E-state index contributed by atoms with van der Waals surface area (Å²) in [5.74, 6) is 0.253. The normalized spacial score (nSPS) is 14.1. The summed E-state index contributed by atoms with van der Waals surface area (Å²) in [7, 11) is 0. The number of rotatable bonds is 13. The second-order valence-corrected chi connectivity index (χ2v) is 14.8. The van der Waals surface area contributed by atoms with Gasteiger partial charge in [-0.25, -0.2) is 0 Å². The van der Waals surface area contributed by atoms with E-state index in [1.54, 1.807) is 0 Å². The van der Waals surface area contributed by atoms with E-state index in [4.69, 9.17) is 9.47 Å². The van der Waals surface area contributed by atoms with Crippen molar-refractivity contribution in [2.45, 2.75) is 56.9 Å². The Kier molecular flexibility index (Phi) is 10.8. The molecule has 2 aliphatic carbocycles. The number of hydrogen-bond donors (Lipinski definition) is 0. The van der Waals surface area contributed by atoms with E-state index in [-0.39, 0.29) is 33.1 Å². The van der Waals surface area contributed by atoms with E-state index in [0.717, 1.165) is 0 Å². The first-order valence-corrected chi connectivity index (χ1v) is 18.1. The van der Waals surface area contributed by atoms with Crippen LogP contribution in [0.1, 0.15) is 72.3 Å². The standard InChI is InChI=1S/C43H42O2Se/c1-31(44-29-34-17-8-4-9-18-34)38-25-16-26-39(32(2)45-30-35-19-10-5-11-20-35)43(38)46-33(3)42(37-22-13-6-14-23-37)41-28-27-36-21-12-7-15-24-40(36)41/h4-28,31-33,42H,29-30H2,1-3H3/t31-,32-,33-,42-/m1/s1. The average Bonchev–Trinajstić information content (AvgIpc) is 3.33. The van der Waals surface area contributed by atoms with E-state index < -0.39 is 0 Å². The fraction of sp³-hybridized carbons (Fsp3) is 0.209. The minimum absolute atomic E-state index is 0.0560. The molecule has 0 heterocycles. The molecule has 2 aliphatic rings. The van der Waals surface area contributed by atoms with Crippen LogP contribution >= 0.6 is 0 Å². The van der Waals surface area contributed by atoms with Crippen molar-refractivity contribution in [3.8, 4) is 11.1 Å². The van der Waals surface area contributed by atoms with Gasteiger partial charge in [0.05, 0.1) is 0 Å². The van der Waals surface area contributed by atoms with Gasteiger partial charge < -0.3 is 0 Å². The Morgan fingerprint density at radius 1 is 0.478 bits per heavy atom. The zero-order valence-electron chi connectivity index (χ0n) is 26.9. The van der Waals surface area contributed by atoms with Crippen molar-refractivity contribution in [1.29, 1.82) is 0 Å². The third kappa shape index (κ3) is 7.69. The quantitative estimate of drug-likeness (QED) is 0.114. The van der Waals surface area contributed by atoms with Crippen LogP contribution in [0, 0.1) is 0 Å². The molecule has 0 unspecified atom stereocenters. The van der Waals surface area contributed by atoms with Crippen molar-refractivity contribution in [2.24, 2.45) is 0 Å². The van der Waals surface area contributed by atoms with Crippen LogP contribution in [0.25, 0.3) is 11.1 Å². The van der Waals surface area contributed by atoms with Crippen LogP contribution in [0.2, 0.25) is 4.82 Å². The van der Waals surface area contributed by atoms with Gasteiger partial charge in [-0.2, -0.15) is 0 Å². The minimum atomic E-state index is -0.0560. The SMILES string of the molecule is C[C@@H](OCc1ccccc1)c1cccc([C@@H](C)OCc2ccccc2)c1[Se][C@H](C)[C@H](c1ccccc1)c1ccc2cccccc1-2. The Morgan fingerprint density at radius 2 is 0.978 bits per heavy atom. The monoisotopic (exact) mass is 670 g/mol. The summed E-state index contributed by atoms with van der Waals surface area (Å²) in [6.45, 7) is 7.99. The fourth-order valence-corrected chi connectivity index (χ4v) is 9.50. The van der Waals surface area contributed by atoms with Crippen LogP contribution in [0.4, 0.5) is 0 Å². The van der Waals surface area contributed by atoms with Gasteiger partial charge in [0, 0.05) is 0 Å². The van der Waals surface area contributed by atoms with Crippen molar-refractivity contribution in [2.75, 3.05) is 0 Å². The van der Waals surface area contributed by atoms with Crippen LogP contribution < -0.4 is 4.46 Å². The third-order valence-electron chi connectivity index (χ3n) is 8.73. The van der Waals surface area contributed by atoms with Crippen LogP contribution in [-0.4, -0.2) is 15.0 Å². The van der Waals surface area contributed by atoms with Crippen molar-refractivity contribution in [3.05, 3.63) is 185 Å². The molecule has 46 heavy (non-hydrogen) atoms. The number of fused-ring (bicyclic) bond motifs is 1. The Bertz CT molecular complexity index is 1700. The average molecular weight is 670 g/mol. The Balaban J connectivity index is 1.36. The van der Waals surface area contributed by atoms with E-state index in [9.17, 15) is 0 Å². The molecule has 6 rings (SSSR count). The molecule has 0 aromatic heterocycles. The molecule has 0 saturated heterocycles. The molecule has 232 valence electrons. The molecular formula is C43H42O2Se.